The van der Waals surface area contributed by atoms with Crippen LogP contribution in [0.25, 0.3) is 0 Å². The number of aryl methyl sites for hydroxylation is 2. The van der Waals surface area contributed by atoms with Crippen LogP contribution in [0.1, 0.15) is 23.9 Å². The highest BCUT2D eigenvalue weighted by Crippen LogP contribution is 2.26. The number of rotatable bonds is 5. The Morgan fingerprint density at radius 3 is 2.54 bits per heavy atom. The van der Waals surface area contributed by atoms with Crippen LogP contribution in [0.15, 0.2) is 33.8 Å². The predicted molar refractivity (Wildman–Crippen MR) is 126 cm³/mol. The normalized spacial score (nSPS) is 14.8. The lowest BCUT2D eigenvalue weighted by Crippen LogP contribution is -2.52. The Bertz CT molecular complexity index is 767. The molecule has 2 heterocycles. The summed E-state index contributed by atoms with van der Waals surface area (Å²) in [7, 11) is 0. The molecule has 0 unspecified atom stereocenters. The number of hydrogen-bond acceptors (Lipinski definition) is 4. The third-order valence-electron chi connectivity index (χ3n) is 4.91. The molecule has 1 aliphatic heterocycles. The number of piperazine rings is 1. The molecule has 1 fully saturated rings. The second-order valence-electron chi connectivity index (χ2n) is 6.71. The zero-order valence-corrected chi connectivity index (χ0v) is 19.8. The molecule has 0 aliphatic carbocycles. The van der Waals surface area contributed by atoms with Gasteiger partial charge >= 0.3 is 0 Å². The molecule has 0 amide bonds. The van der Waals surface area contributed by atoms with Crippen molar-refractivity contribution in [2.24, 2.45) is 4.99 Å². The lowest BCUT2D eigenvalue weighted by atomic mass is 10.1. The highest BCUT2D eigenvalue weighted by atomic mass is 127. The lowest BCUT2D eigenvalue weighted by Gasteiger charge is -2.38. The number of benzene rings is 1. The Labute approximate surface area is 189 Å². The van der Waals surface area contributed by atoms with Crippen molar-refractivity contribution in [1.82, 2.24) is 15.4 Å². The van der Waals surface area contributed by atoms with E-state index in [0.29, 0.717) is 0 Å². The van der Waals surface area contributed by atoms with Crippen molar-refractivity contribution in [2.45, 2.75) is 27.2 Å². The van der Waals surface area contributed by atoms with Gasteiger partial charge in [-0.25, -0.2) is 0 Å². The van der Waals surface area contributed by atoms with Crippen molar-refractivity contribution in [3.8, 4) is 0 Å². The molecule has 1 aliphatic rings. The van der Waals surface area contributed by atoms with E-state index in [4.69, 9.17) is 21.1 Å². The highest BCUT2D eigenvalue weighted by Gasteiger charge is 2.21. The Morgan fingerprint density at radius 2 is 1.93 bits per heavy atom. The first-order chi connectivity index (χ1) is 13.1. The van der Waals surface area contributed by atoms with Crippen LogP contribution in [0.2, 0.25) is 5.02 Å². The SMILES string of the molecule is CCNC(=NCCc1c(C)noc1C)N1CCN(c2ccccc2Cl)CC1.I. The standard InChI is InChI=1S/C20H28ClN5O.HI/c1-4-22-20(23-10-9-17-15(2)24-27-16(17)3)26-13-11-25(12-14-26)19-8-6-5-7-18(19)21;/h5-8H,4,9-14H2,1-3H3,(H,22,23);1H. The van der Waals surface area contributed by atoms with Gasteiger partial charge in [0.1, 0.15) is 5.76 Å². The van der Waals surface area contributed by atoms with E-state index < -0.39 is 0 Å². The summed E-state index contributed by atoms with van der Waals surface area (Å²) in [6, 6.07) is 8.04. The Hall–Kier alpha value is -1.48. The zero-order valence-electron chi connectivity index (χ0n) is 16.7. The summed E-state index contributed by atoms with van der Waals surface area (Å²) in [6.07, 6.45) is 0.843. The molecule has 0 radical (unpaired) electrons. The molecule has 0 saturated carbocycles. The first kappa shape index (κ1) is 22.8. The van der Waals surface area contributed by atoms with E-state index in [2.05, 4.69) is 33.3 Å². The van der Waals surface area contributed by atoms with Crippen molar-refractivity contribution in [2.75, 3.05) is 44.2 Å². The van der Waals surface area contributed by atoms with E-state index in [1.807, 2.05) is 32.0 Å². The van der Waals surface area contributed by atoms with Crippen LogP contribution in [0.4, 0.5) is 5.69 Å². The molecule has 0 atom stereocenters. The summed E-state index contributed by atoms with van der Waals surface area (Å²) in [5.74, 6) is 1.86. The fraction of sp³-hybridized carbons (Fsp3) is 0.500. The first-order valence-corrected chi connectivity index (χ1v) is 9.92. The van der Waals surface area contributed by atoms with Gasteiger partial charge in [0.05, 0.1) is 16.4 Å². The third kappa shape index (κ3) is 5.53. The number of aromatic nitrogens is 1. The number of hydrogen-bond donors (Lipinski definition) is 1. The van der Waals surface area contributed by atoms with Crippen LogP contribution < -0.4 is 10.2 Å². The summed E-state index contributed by atoms with van der Waals surface area (Å²) in [4.78, 5) is 9.49. The van der Waals surface area contributed by atoms with Gasteiger partial charge in [-0.05, 0) is 39.3 Å². The molecule has 1 N–H and O–H groups in total. The smallest absolute Gasteiger partial charge is 0.194 e. The third-order valence-corrected chi connectivity index (χ3v) is 5.23. The second kappa shape index (κ2) is 10.9. The molecule has 8 heteroatoms. The number of anilines is 1. The minimum atomic E-state index is 0. The predicted octanol–water partition coefficient (Wildman–Crippen LogP) is 3.89. The van der Waals surface area contributed by atoms with Crippen LogP contribution in [0.5, 0.6) is 0 Å². The summed E-state index contributed by atoms with van der Waals surface area (Å²) >= 11 is 6.34. The monoisotopic (exact) mass is 517 g/mol. The first-order valence-electron chi connectivity index (χ1n) is 9.54. The largest absolute Gasteiger partial charge is 0.367 e. The van der Waals surface area contributed by atoms with E-state index in [-0.39, 0.29) is 24.0 Å². The van der Waals surface area contributed by atoms with Gasteiger partial charge in [0, 0.05) is 44.8 Å². The highest BCUT2D eigenvalue weighted by molar-refractivity contribution is 14.0. The van der Waals surface area contributed by atoms with E-state index in [0.717, 1.165) is 79.4 Å². The van der Waals surface area contributed by atoms with Gasteiger partial charge in [-0.3, -0.25) is 4.99 Å². The van der Waals surface area contributed by atoms with Gasteiger partial charge in [-0.2, -0.15) is 0 Å². The molecule has 0 bridgehead atoms. The van der Waals surface area contributed by atoms with Crippen molar-refractivity contribution in [1.29, 1.82) is 0 Å². The van der Waals surface area contributed by atoms with E-state index in [1.165, 1.54) is 0 Å². The zero-order chi connectivity index (χ0) is 19.2. The number of guanidine groups is 1. The molecular weight excluding hydrogens is 489 g/mol. The van der Waals surface area contributed by atoms with Gasteiger partial charge < -0.3 is 19.6 Å². The molecule has 0 spiro atoms. The van der Waals surface area contributed by atoms with Crippen LogP contribution >= 0.6 is 35.6 Å². The molecule has 3 rings (SSSR count). The molecule has 2 aromatic rings. The van der Waals surface area contributed by atoms with Crippen molar-refractivity contribution < 1.29 is 4.52 Å². The van der Waals surface area contributed by atoms with Crippen molar-refractivity contribution in [3.05, 3.63) is 46.3 Å². The molecule has 1 aromatic heterocycles. The summed E-state index contributed by atoms with van der Waals surface area (Å²) in [5, 5.41) is 8.25. The van der Waals surface area contributed by atoms with E-state index in [9.17, 15) is 0 Å². The van der Waals surface area contributed by atoms with E-state index in [1.54, 1.807) is 0 Å². The summed E-state index contributed by atoms with van der Waals surface area (Å²) < 4.78 is 5.24. The van der Waals surface area contributed by atoms with Crippen LogP contribution in [0, 0.1) is 13.8 Å². The lowest BCUT2D eigenvalue weighted by molar-refractivity contribution is 0.372. The topological polar surface area (TPSA) is 56.9 Å². The van der Waals surface area contributed by atoms with E-state index >= 15 is 0 Å². The van der Waals surface area contributed by atoms with Crippen LogP contribution in [-0.4, -0.2) is 55.3 Å². The summed E-state index contributed by atoms with van der Waals surface area (Å²) in [5.41, 5.74) is 3.23. The Morgan fingerprint density at radius 1 is 1.21 bits per heavy atom. The fourth-order valence-electron chi connectivity index (χ4n) is 3.43. The van der Waals surface area contributed by atoms with Gasteiger partial charge in [0.25, 0.3) is 0 Å². The van der Waals surface area contributed by atoms with Gasteiger partial charge in [-0.1, -0.05) is 28.9 Å². The average Bonchev–Trinajstić information content (AvgIpc) is 3.00. The number of aliphatic imine (C=N–C) groups is 1. The maximum absolute atomic E-state index is 6.34. The molecule has 28 heavy (non-hydrogen) atoms. The molecule has 1 saturated heterocycles. The molecule has 6 nitrogen and oxygen atoms in total. The number of halogens is 2. The summed E-state index contributed by atoms with van der Waals surface area (Å²) in [6.45, 7) is 11.3. The minimum absolute atomic E-state index is 0. The maximum atomic E-state index is 6.34. The van der Waals surface area contributed by atoms with Gasteiger partial charge in [0.2, 0.25) is 0 Å². The quantitative estimate of drug-likeness (QED) is 0.370. The minimum Gasteiger partial charge on any atom is -0.367 e. The Kier molecular flexibility index (Phi) is 8.88. The molecule has 154 valence electrons. The number of nitrogens with zero attached hydrogens (tertiary/aromatic N) is 4. The second-order valence-corrected chi connectivity index (χ2v) is 7.12. The Balaban J connectivity index is 0.00000280. The van der Waals surface area contributed by atoms with Crippen molar-refractivity contribution in [3.63, 3.8) is 0 Å². The van der Waals surface area contributed by atoms with Crippen LogP contribution in [0.3, 0.4) is 0 Å². The number of nitrogens with one attached hydrogen (secondary N) is 1. The van der Waals surface area contributed by atoms with Gasteiger partial charge in [-0.15, -0.1) is 24.0 Å². The maximum Gasteiger partial charge on any atom is 0.194 e. The van der Waals surface area contributed by atoms with Crippen LogP contribution in [-0.2, 0) is 6.42 Å². The van der Waals surface area contributed by atoms with Gasteiger partial charge in [0.15, 0.2) is 5.96 Å². The average molecular weight is 518 g/mol. The molecular formula is C20H29ClIN5O. The fourth-order valence-corrected chi connectivity index (χ4v) is 3.68. The van der Waals surface area contributed by atoms with Crippen molar-refractivity contribution >= 4 is 47.2 Å². The molecule has 1 aromatic carbocycles. The number of para-hydroxylation sites is 1.